The molecule has 1 saturated heterocycles. The predicted octanol–water partition coefficient (Wildman–Crippen LogP) is 0.0803. The van der Waals surface area contributed by atoms with Crippen LogP contribution in [0.3, 0.4) is 0 Å². The largest absolute Gasteiger partial charge is 0.411 e. The van der Waals surface area contributed by atoms with E-state index in [9.17, 15) is 18.0 Å². The van der Waals surface area contributed by atoms with Crippen LogP contribution in [0.5, 0.6) is 0 Å². The molecule has 7 heteroatoms. The highest BCUT2D eigenvalue weighted by Crippen LogP contribution is 2.14. The number of ether oxygens (including phenoxy) is 2. The number of hydrogen-bond donors (Lipinski definition) is 1. The van der Waals surface area contributed by atoms with E-state index in [0.29, 0.717) is 13.2 Å². The normalized spacial score (nSPS) is 17.6. The van der Waals surface area contributed by atoms with Crippen LogP contribution in [0, 0.1) is 0 Å². The first-order valence-corrected chi connectivity index (χ1v) is 3.99. The lowest BCUT2D eigenvalue weighted by Gasteiger charge is -2.26. The van der Waals surface area contributed by atoms with Gasteiger partial charge in [-0.15, -0.1) is 0 Å². The van der Waals surface area contributed by atoms with Gasteiger partial charge < -0.3 is 14.8 Å². The SMILES string of the molecule is O=C(COCC(F)(F)F)NC1COC1. The Hall–Kier alpha value is -0.820. The van der Waals surface area contributed by atoms with Gasteiger partial charge in [-0.1, -0.05) is 0 Å². The van der Waals surface area contributed by atoms with Crippen LogP contribution in [-0.4, -0.2) is 44.6 Å². The van der Waals surface area contributed by atoms with Gasteiger partial charge in [-0.25, -0.2) is 0 Å². The fourth-order valence-electron chi connectivity index (χ4n) is 0.848. The summed E-state index contributed by atoms with van der Waals surface area (Å²) in [5.74, 6) is -0.553. The minimum Gasteiger partial charge on any atom is -0.377 e. The van der Waals surface area contributed by atoms with E-state index < -0.39 is 25.3 Å². The molecule has 1 rings (SSSR count). The highest BCUT2D eigenvalue weighted by molar-refractivity contribution is 5.77. The van der Waals surface area contributed by atoms with E-state index in [2.05, 4.69) is 10.1 Å². The summed E-state index contributed by atoms with van der Waals surface area (Å²) in [5.41, 5.74) is 0. The Morgan fingerprint density at radius 3 is 2.57 bits per heavy atom. The molecule has 1 aliphatic heterocycles. The van der Waals surface area contributed by atoms with Crippen LogP contribution < -0.4 is 5.32 Å². The van der Waals surface area contributed by atoms with Gasteiger partial charge >= 0.3 is 6.18 Å². The van der Waals surface area contributed by atoms with Gasteiger partial charge in [0.15, 0.2) is 0 Å². The Bertz CT molecular complexity index is 203. The molecule has 0 aromatic heterocycles. The predicted molar refractivity (Wildman–Crippen MR) is 39.6 cm³/mol. The zero-order chi connectivity index (χ0) is 10.6. The van der Waals surface area contributed by atoms with Crippen molar-refractivity contribution in [2.45, 2.75) is 12.2 Å². The summed E-state index contributed by atoms with van der Waals surface area (Å²) in [6.07, 6.45) is -4.39. The van der Waals surface area contributed by atoms with Gasteiger partial charge in [-0.05, 0) is 0 Å². The van der Waals surface area contributed by atoms with Crippen molar-refractivity contribution in [3.63, 3.8) is 0 Å². The van der Waals surface area contributed by atoms with Crippen molar-refractivity contribution in [2.24, 2.45) is 0 Å². The molecule has 0 radical (unpaired) electrons. The summed E-state index contributed by atoms with van der Waals surface area (Å²) in [4.78, 5) is 10.9. The van der Waals surface area contributed by atoms with Crippen molar-refractivity contribution in [3.8, 4) is 0 Å². The molecule has 0 spiro atoms. The Balaban J connectivity index is 2.03. The minimum atomic E-state index is -4.39. The van der Waals surface area contributed by atoms with Crippen molar-refractivity contribution in [2.75, 3.05) is 26.4 Å². The molecule has 0 aromatic carbocycles. The Morgan fingerprint density at radius 1 is 1.50 bits per heavy atom. The first-order valence-electron chi connectivity index (χ1n) is 3.99. The third-order valence-corrected chi connectivity index (χ3v) is 1.50. The van der Waals surface area contributed by atoms with Gasteiger partial charge in [0.2, 0.25) is 5.91 Å². The average molecular weight is 213 g/mol. The first-order chi connectivity index (χ1) is 6.47. The first kappa shape index (κ1) is 11.3. The van der Waals surface area contributed by atoms with Crippen LogP contribution in [0.4, 0.5) is 13.2 Å². The summed E-state index contributed by atoms with van der Waals surface area (Å²) < 4.78 is 43.6. The van der Waals surface area contributed by atoms with Crippen LogP contribution in [-0.2, 0) is 14.3 Å². The van der Waals surface area contributed by atoms with Crippen LogP contribution in [0.1, 0.15) is 0 Å². The molecule has 1 fully saturated rings. The number of rotatable bonds is 4. The molecule has 1 amide bonds. The lowest BCUT2D eigenvalue weighted by Crippen LogP contribution is -2.49. The third kappa shape index (κ3) is 4.43. The standard InChI is InChI=1S/C7H10F3NO3/c8-7(9,10)4-14-3-6(12)11-5-1-13-2-5/h5H,1-4H2,(H,11,12). The van der Waals surface area contributed by atoms with E-state index in [1.165, 1.54) is 0 Å². The monoisotopic (exact) mass is 213 g/mol. The fourth-order valence-corrected chi connectivity index (χ4v) is 0.848. The fraction of sp³-hybridized carbons (Fsp3) is 0.857. The maximum absolute atomic E-state index is 11.6. The second-order valence-electron chi connectivity index (χ2n) is 2.91. The van der Waals surface area contributed by atoms with Crippen LogP contribution in [0.25, 0.3) is 0 Å². The maximum atomic E-state index is 11.6. The van der Waals surface area contributed by atoms with Gasteiger partial charge in [0, 0.05) is 0 Å². The van der Waals surface area contributed by atoms with Crippen LogP contribution in [0.2, 0.25) is 0 Å². The van der Waals surface area contributed by atoms with E-state index in [0.717, 1.165) is 0 Å². The van der Waals surface area contributed by atoms with Crippen LogP contribution in [0.15, 0.2) is 0 Å². The summed E-state index contributed by atoms with van der Waals surface area (Å²) in [6.45, 7) is -1.16. The van der Waals surface area contributed by atoms with E-state index >= 15 is 0 Å². The summed E-state index contributed by atoms with van der Waals surface area (Å²) >= 11 is 0. The number of amides is 1. The maximum Gasteiger partial charge on any atom is 0.411 e. The van der Waals surface area contributed by atoms with E-state index in [4.69, 9.17) is 4.74 Å². The minimum absolute atomic E-state index is 0.0861. The van der Waals surface area contributed by atoms with Crippen molar-refractivity contribution in [1.29, 1.82) is 0 Å². The lowest BCUT2D eigenvalue weighted by atomic mass is 10.2. The van der Waals surface area contributed by atoms with E-state index in [1.54, 1.807) is 0 Å². The van der Waals surface area contributed by atoms with Gasteiger partial charge in [0.25, 0.3) is 0 Å². The highest BCUT2D eigenvalue weighted by Gasteiger charge is 2.28. The second-order valence-corrected chi connectivity index (χ2v) is 2.91. The summed E-state index contributed by atoms with van der Waals surface area (Å²) in [6, 6.07) is -0.0861. The average Bonchev–Trinajstić information content (AvgIpc) is 1.94. The number of nitrogens with one attached hydrogen (secondary N) is 1. The molecule has 1 heterocycles. The lowest BCUT2D eigenvalue weighted by molar-refractivity contribution is -0.176. The Kier molecular flexibility index (Phi) is 3.70. The zero-order valence-electron chi connectivity index (χ0n) is 7.26. The van der Waals surface area contributed by atoms with Gasteiger partial charge in [0.05, 0.1) is 19.3 Å². The van der Waals surface area contributed by atoms with Gasteiger partial charge in [-0.2, -0.15) is 13.2 Å². The molecule has 0 saturated carbocycles. The number of hydrogen-bond acceptors (Lipinski definition) is 3. The molecule has 82 valence electrons. The second kappa shape index (κ2) is 4.61. The molecule has 4 nitrogen and oxygen atoms in total. The number of carbonyl (C=O) groups is 1. The van der Waals surface area contributed by atoms with E-state index in [1.807, 2.05) is 0 Å². The smallest absolute Gasteiger partial charge is 0.377 e. The molecule has 1 aliphatic rings. The summed E-state index contributed by atoms with van der Waals surface area (Å²) in [5, 5.41) is 2.45. The molecule has 0 aliphatic carbocycles. The third-order valence-electron chi connectivity index (χ3n) is 1.50. The van der Waals surface area contributed by atoms with Gasteiger partial charge in [-0.3, -0.25) is 4.79 Å². The quantitative estimate of drug-likeness (QED) is 0.719. The molecule has 0 unspecified atom stereocenters. The van der Waals surface area contributed by atoms with Crippen molar-refractivity contribution in [1.82, 2.24) is 5.32 Å². The molecule has 0 bridgehead atoms. The molecule has 0 atom stereocenters. The van der Waals surface area contributed by atoms with Gasteiger partial charge in [0.1, 0.15) is 13.2 Å². The van der Waals surface area contributed by atoms with E-state index in [-0.39, 0.29) is 6.04 Å². The zero-order valence-corrected chi connectivity index (χ0v) is 7.26. The molecule has 0 aromatic rings. The molecular formula is C7H10F3NO3. The Morgan fingerprint density at radius 2 is 2.14 bits per heavy atom. The van der Waals surface area contributed by atoms with Crippen molar-refractivity contribution < 1.29 is 27.4 Å². The molecule has 1 N–H and O–H groups in total. The van der Waals surface area contributed by atoms with Crippen molar-refractivity contribution >= 4 is 5.91 Å². The Labute approximate surface area is 78.4 Å². The highest BCUT2D eigenvalue weighted by atomic mass is 19.4. The van der Waals surface area contributed by atoms with Crippen LogP contribution >= 0.6 is 0 Å². The van der Waals surface area contributed by atoms with Crippen molar-refractivity contribution in [3.05, 3.63) is 0 Å². The number of alkyl halides is 3. The molecular weight excluding hydrogens is 203 g/mol. The number of halogens is 3. The summed E-state index contributed by atoms with van der Waals surface area (Å²) in [7, 11) is 0. The number of carbonyl (C=O) groups excluding carboxylic acids is 1. The molecule has 14 heavy (non-hydrogen) atoms. The topological polar surface area (TPSA) is 47.6 Å².